The summed E-state index contributed by atoms with van der Waals surface area (Å²) < 4.78 is 13.1. The summed E-state index contributed by atoms with van der Waals surface area (Å²) in [6.07, 6.45) is 0.759. The highest BCUT2D eigenvalue weighted by atomic mass is 32.1. The Bertz CT molecular complexity index is 456. The maximum Gasteiger partial charge on any atom is 0.123 e. The highest BCUT2D eigenvalue weighted by Crippen LogP contribution is 2.18. The molecule has 0 fully saturated rings. The van der Waals surface area contributed by atoms with Gasteiger partial charge in [-0.1, -0.05) is 19.1 Å². The monoisotopic (exact) mass is 250 g/mol. The number of thiazole rings is 1. The highest BCUT2D eigenvalue weighted by molar-refractivity contribution is 7.07. The van der Waals surface area contributed by atoms with Crippen LogP contribution in [-0.4, -0.2) is 11.5 Å². The molecule has 17 heavy (non-hydrogen) atoms. The molecule has 0 saturated carbocycles. The Balaban J connectivity index is 2.13. The van der Waals surface area contributed by atoms with Gasteiger partial charge >= 0.3 is 0 Å². The number of nitrogens with zero attached hydrogens (tertiary/aromatic N) is 1. The second kappa shape index (κ2) is 5.89. The second-order valence-electron chi connectivity index (χ2n) is 3.86. The number of hydrogen-bond donors (Lipinski definition) is 1. The summed E-state index contributed by atoms with van der Waals surface area (Å²) in [6, 6.07) is 6.90. The molecule has 2 aromatic rings. The largest absolute Gasteiger partial charge is 0.309 e. The predicted molar refractivity (Wildman–Crippen MR) is 68.6 cm³/mol. The van der Waals surface area contributed by atoms with Crippen LogP contribution in [0.25, 0.3) is 0 Å². The topological polar surface area (TPSA) is 24.9 Å². The first-order chi connectivity index (χ1) is 8.29. The minimum absolute atomic E-state index is 0.160. The number of likely N-dealkylation sites (N-methyl/N-ethyl adjacent to an activating group) is 1. The van der Waals surface area contributed by atoms with Crippen LogP contribution in [0.2, 0.25) is 0 Å². The van der Waals surface area contributed by atoms with Crippen LogP contribution >= 0.6 is 11.3 Å². The molecular weight excluding hydrogens is 235 g/mol. The summed E-state index contributed by atoms with van der Waals surface area (Å²) in [5.74, 6) is -0.184. The normalized spacial score (nSPS) is 12.6. The zero-order valence-corrected chi connectivity index (χ0v) is 10.5. The van der Waals surface area contributed by atoms with E-state index in [1.165, 1.54) is 6.07 Å². The fourth-order valence-electron chi connectivity index (χ4n) is 1.82. The minimum atomic E-state index is -0.184. The number of nitrogens with one attached hydrogen (secondary N) is 1. The van der Waals surface area contributed by atoms with Gasteiger partial charge in [0.15, 0.2) is 0 Å². The number of aromatic nitrogens is 1. The van der Waals surface area contributed by atoms with Gasteiger partial charge in [-0.2, -0.15) is 0 Å². The molecule has 0 spiro atoms. The minimum Gasteiger partial charge on any atom is -0.309 e. The van der Waals surface area contributed by atoms with E-state index >= 15 is 0 Å². The van der Waals surface area contributed by atoms with Gasteiger partial charge in [0.1, 0.15) is 5.82 Å². The molecule has 0 amide bonds. The van der Waals surface area contributed by atoms with Gasteiger partial charge in [0.2, 0.25) is 0 Å². The van der Waals surface area contributed by atoms with Crippen LogP contribution < -0.4 is 5.32 Å². The molecule has 1 N–H and O–H groups in total. The summed E-state index contributed by atoms with van der Waals surface area (Å²) in [5, 5.41) is 5.41. The molecule has 1 aromatic carbocycles. The third-order valence-corrected chi connectivity index (χ3v) is 3.19. The average Bonchev–Trinajstić information content (AvgIpc) is 2.82. The van der Waals surface area contributed by atoms with Crippen molar-refractivity contribution in [2.45, 2.75) is 19.4 Å². The van der Waals surface area contributed by atoms with Gasteiger partial charge in [0.05, 0.1) is 17.2 Å². The summed E-state index contributed by atoms with van der Waals surface area (Å²) in [5.41, 5.74) is 3.84. The van der Waals surface area contributed by atoms with Gasteiger partial charge < -0.3 is 5.32 Å². The van der Waals surface area contributed by atoms with Crippen LogP contribution in [0.5, 0.6) is 0 Å². The molecule has 0 aliphatic rings. The Morgan fingerprint density at radius 3 is 3.00 bits per heavy atom. The lowest BCUT2D eigenvalue weighted by Gasteiger charge is -2.15. The van der Waals surface area contributed by atoms with Crippen LogP contribution in [0.4, 0.5) is 4.39 Å². The first-order valence-electron chi connectivity index (χ1n) is 5.65. The van der Waals surface area contributed by atoms with Crippen LogP contribution in [0, 0.1) is 5.82 Å². The highest BCUT2D eigenvalue weighted by Gasteiger charge is 2.13. The van der Waals surface area contributed by atoms with Gasteiger partial charge in [-0.05, 0) is 30.7 Å². The van der Waals surface area contributed by atoms with Crippen molar-refractivity contribution in [3.63, 3.8) is 0 Å². The predicted octanol–water partition coefficient (Wildman–Crippen LogP) is 3.18. The lowest BCUT2D eigenvalue weighted by Crippen LogP contribution is -2.23. The van der Waals surface area contributed by atoms with Crippen molar-refractivity contribution in [2.24, 2.45) is 0 Å². The van der Waals surface area contributed by atoms with E-state index < -0.39 is 0 Å². The smallest absolute Gasteiger partial charge is 0.123 e. The van der Waals surface area contributed by atoms with Crippen LogP contribution in [0.15, 0.2) is 35.2 Å². The summed E-state index contributed by atoms with van der Waals surface area (Å²) in [7, 11) is 0. The van der Waals surface area contributed by atoms with Crippen molar-refractivity contribution in [3.05, 3.63) is 52.2 Å². The van der Waals surface area contributed by atoms with Crippen LogP contribution in [0.3, 0.4) is 0 Å². The van der Waals surface area contributed by atoms with Crippen molar-refractivity contribution >= 4 is 11.3 Å². The number of benzene rings is 1. The molecule has 0 aliphatic heterocycles. The zero-order valence-electron chi connectivity index (χ0n) is 9.69. The van der Waals surface area contributed by atoms with Gasteiger partial charge in [0.25, 0.3) is 0 Å². The second-order valence-corrected chi connectivity index (χ2v) is 4.58. The Labute approximate surface area is 105 Å². The average molecular weight is 250 g/mol. The van der Waals surface area contributed by atoms with Gasteiger partial charge in [-0.3, -0.25) is 0 Å². The molecule has 2 rings (SSSR count). The van der Waals surface area contributed by atoms with Crippen molar-refractivity contribution in [1.82, 2.24) is 10.3 Å². The quantitative estimate of drug-likeness (QED) is 0.881. The van der Waals surface area contributed by atoms with E-state index in [1.807, 2.05) is 17.0 Å². The fourth-order valence-corrected chi connectivity index (χ4v) is 2.43. The molecule has 90 valence electrons. The lowest BCUT2D eigenvalue weighted by molar-refractivity contribution is 0.536. The number of rotatable bonds is 5. The molecule has 1 unspecified atom stereocenters. The zero-order chi connectivity index (χ0) is 12.1. The van der Waals surface area contributed by atoms with Gasteiger partial charge in [-0.15, -0.1) is 11.3 Å². The molecule has 1 aromatic heterocycles. The third kappa shape index (κ3) is 3.35. The van der Waals surface area contributed by atoms with E-state index in [0.29, 0.717) is 0 Å². The Kier molecular flexibility index (Phi) is 4.23. The standard InChI is InChI=1S/C13H15FN2S/c1-2-15-12(13-8-17-9-16-13)7-10-4-3-5-11(14)6-10/h3-6,8-9,12,15H,2,7H2,1H3. The van der Waals surface area contributed by atoms with E-state index in [2.05, 4.69) is 17.2 Å². The molecule has 1 atom stereocenters. The van der Waals surface area contributed by atoms with E-state index in [9.17, 15) is 4.39 Å². The molecule has 2 nitrogen and oxygen atoms in total. The summed E-state index contributed by atoms with van der Waals surface area (Å²) >= 11 is 1.58. The Morgan fingerprint density at radius 2 is 2.35 bits per heavy atom. The van der Waals surface area contributed by atoms with Crippen molar-refractivity contribution < 1.29 is 4.39 Å². The van der Waals surface area contributed by atoms with Crippen LogP contribution in [-0.2, 0) is 6.42 Å². The van der Waals surface area contributed by atoms with E-state index in [0.717, 1.165) is 24.2 Å². The molecule has 0 saturated heterocycles. The van der Waals surface area contributed by atoms with Crippen molar-refractivity contribution in [3.8, 4) is 0 Å². The molecular formula is C13H15FN2S. The van der Waals surface area contributed by atoms with E-state index in [1.54, 1.807) is 23.5 Å². The molecule has 0 radical (unpaired) electrons. The Hall–Kier alpha value is -1.26. The molecule has 0 aliphatic carbocycles. The molecule has 1 heterocycles. The van der Waals surface area contributed by atoms with Gasteiger partial charge in [0, 0.05) is 5.38 Å². The Morgan fingerprint density at radius 1 is 1.47 bits per heavy atom. The maximum atomic E-state index is 13.1. The third-order valence-electron chi connectivity index (χ3n) is 2.59. The maximum absolute atomic E-state index is 13.1. The van der Waals surface area contributed by atoms with Crippen LogP contribution in [0.1, 0.15) is 24.2 Å². The SMILES string of the molecule is CCNC(Cc1cccc(F)c1)c1cscn1. The summed E-state index contributed by atoms with van der Waals surface area (Å²) in [6.45, 7) is 2.93. The molecule has 4 heteroatoms. The van der Waals surface area contributed by atoms with E-state index in [4.69, 9.17) is 0 Å². The van der Waals surface area contributed by atoms with E-state index in [-0.39, 0.29) is 11.9 Å². The molecule has 0 bridgehead atoms. The fraction of sp³-hybridized carbons (Fsp3) is 0.308. The van der Waals surface area contributed by atoms with Gasteiger partial charge in [-0.25, -0.2) is 9.37 Å². The lowest BCUT2D eigenvalue weighted by atomic mass is 10.0. The number of hydrogen-bond acceptors (Lipinski definition) is 3. The number of halogens is 1. The van der Waals surface area contributed by atoms with Crippen molar-refractivity contribution in [1.29, 1.82) is 0 Å². The first-order valence-corrected chi connectivity index (χ1v) is 6.59. The first kappa shape index (κ1) is 12.2. The van der Waals surface area contributed by atoms with Crippen molar-refractivity contribution in [2.75, 3.05) is 6.54 Å². The summed E-state index contributed by atoms with van der Waals surface area (Å²) in [4.78, 5) is 4.32.